The molecule has 1 heterocycles. The van der Waals surface area contributed by atoms with Gasteiger partial charge in [0.1, 0.15) is 5.82 Å². The summed E-state index contributed by atoms with van der Waals surface area (Å²) >= 11 is 5.68. The van der Waals surface area contributed by atoms with E-state index >= 15 is 0 Å². The standard InChI is InChI=1S/C10H15ClN4/c11-10-12-7-6-9(13-10)15-14-8-4-2-1-3-5-8/h6-8,14H,1-5H2,(H,12,13,15). The van der Waals surface area contributed by atoms with Gasteiger partial charge in [-0.15, -0.1) is 0 Å². The predicted molar refractivity (Wildman–Crippen MR) is 60.7 cm³/mol. The number of hydrazine groups is 1. The molecule has 0 atom stereocenters. The molecule has 82 valence electrons. The Hall–Kier alpha value is -0.870. The van der Waals surface area contributed by atoms with E-state index in [2.05, 4.69) is 20.8 Å². The minimum absolute atomic E-state index is 0.269. The molecular formula is C10H15ClN4. The summed E-state index contributed by atoms with van der Waals surface area (Å²) in [5.41, 5.74) is 6.34. The molecule has 0 bridgehead atoms. The molecule has 0 radical (unpaired) electrons. The molecule has 1 aliphatic carbocycles. The van der Waals surface area contributed by atoms with Crippen LogP contribution >= 0.6 is 11.6 Å². The van der Waals surface area contributed by atoms with E-state index in [4.69, 9.17) is 11.6 Å². The number of rotatable bonds is 3. The van der Waals surface area contributed by atoms with Crippen molar-refractivity contribution < 1.29 is 0 Å². The van der Waals surface area contributed by atoms with Crippen LogP contribution < -0.4 is 10.9 Å². The van der Waals surface area contributed by atoms with Crippen molar-refractivity contribution in [3.63, 3.8) is 0 Å². The molecule has 0 aromatic carbocycles. The van der Waals surface area contributed by atoms with Crippen molar-refractivity contribution in [2.75, 3.05) is 5.43 Å². The summed E-state index contributed by atoms with van der Waals surface area (Å²) < 4.78 is 0. The molecule has 5 heteroatoms. The van der Waals surface area contributed by atoms with Crippen LogP contribution in [0.3, 0.4) is 0 Å². The Bertz CT molecular complexity index is 312. The first kappa shape index (κ1) is 10.6. The van der Waals surface area contributed by atoms with Gasteiger partial charge < -0.3 is 5.43 Å². The molecule has 1 saturated carbocycles. The molecule has 0 aliphatic heterocycles. The van der Waals surface area contributed by atoms with Crippen LogP contribution in [0.1, 0.15) is 32.1 Å². The number of nitrogens with one attached hydrogen (secondary N) is 2. The molecule has 1 fully saturated rings. The Balaban J connectivity index is 1.81. The molecule has 2 N–H and O–H groups in total. The first-order valence-electron chi connectivity index (χ1n) is 5.35. The number of anilines is 1. The number of hydrogen-bond acceptors (Lipinski definition) is 4. The molecule has 1 aromatic heterocycles. The second kappa shape index (κ2) is 5.28. The van der Waals surface area contributed by atoms with E-state index in [0.717, 1.165) is 5.82 Å². The van der Waals surface area contributed by atoms with Crippen LogP contribution in [0.5, 0.6) is 0 Å². The molecule has 0 unspecified atom stereocenters. The third kappa shape index (κ3) is 3.32. The van der Waals surface area contributed by atoms with Gasteiger partial charge in [0.15, 0.2) is 0 Å². The van der Waals surface area contributed by atoms with Crippen molar-refractivity contribution in [3.8, 4) is 0 Å². The zero-order chi connectivity index (χ0) is 10.5. The summed E-state index contributed by atoms with van der Waals surface area (Å²) in [6, 6.07) is 2.34. The highest BCUT2D eigenvalue weighted by Crippen LogP contribution is 2.17. The highest BCUT2D eigenvalue weighted by molar-refractivity contribution is 6.28. The zero-order valence-electron chi connectivity index (χ0n) is 8.54. The van der Waals surface area contributed by atoms with Crippen LogP contribution in [0.2, 0.25) is 5.28 Å². The fourth-order valence-corrected chi connectivity index (χ4v) is 1.97. The summed E-state index contributed by atoms with van der Waals surface area (Å²) in [6.07, 6.45) is 8.07. The van der Waals surface area contributed by atoms with Crippen molar-refractivity contribution in [2.24, 2.45) is 0 Å². The van der Waals surface area contributed by atoms with E-state index in [-0.39, 0.29) is 5.28 Å². The van der Waals surface area contributed by atoms with Crippen LogP contribution in [-0.2, 0) is 0 Å². The van der Waals surface area contributed by atoms with Crippen molar-refractivity contribution in [1.29, 1.82) is 0 Å². The van der Waals surface area contributed by atoms with Gasteiger partial charge in [-0.3, -0.25) is 0 Å². The van der Waals surface area contributed by atoms with Crippen LogP contribution in [0.25, 0.3) is 0 Å². The van der Waals surface area contributed by atoms with E-state index in [9.17, 15) is 0 Å². The first-order valence-corrected chi connectivity index (χ1v) is 5.72. The van der Waals surface area contributed by atoms with E-state index in [1.54, 1.807) is 12.3 Å². The lowest BCUT2D eigenvalue weighted by Crippen LogP contribution is -2.35. The molecule has 2 rings (SSSR count). The van der Waals surface area contributed by atoms with Gasteiger partial charge >= 0.3 is 0 Å². The van der Waals surface area contributed by atoms with Crippen LogP contribution in [-0.4, -0.2) is 16.0 Å². The van der Waals surface area contributed by atoms with Crippen molar-refractivity contribution in [2.45, 2.75) is 38.1 Å². The predicted octanol–water partition coefficient (Wildman–Crippen LogP) is 2.38. The highest BCUT2D eigenvalue weighted by Gasteiger charge is 2.12. The van der Waals surface area contributed by atoms with Gasteiger partial charge in [0, 0.05) is 18.3 Å². The Labute approximate surface area is 94.4 Å². The second-order valence-electron chi connectivity index (χ2n) is 3.82. The van der Waals surface area contributed by atoms with Crippen molar-refractivity contribution in [3.05, 3.63) is 17.5 Å². The van der Waals surface area contributed by atoms with Gasteiger partial charge in [-0.25, -0.2) is 10.4 Å². The SMILES string of the molecule is Clc1nccc(NNC2CCCCC2)n1. The Kier molecular flexibility index (Phi) is 3.75. The minimum Gasteiger partial charge on any atom is -0.305 e. The van der Waals surface area contributed by atoms with Crippen LogP contribution in [0.4, 0.5) is 5.82 Å². The molecular weight excluding hydrogens is 212 g/mol. The molecule has 1 aromatic rings. The largest absolute Gasteiger partial charge is 0.305 e. The summed E-state index contributed by atoms with van der Waals surface area (Å²) in [5, 5.41) is 0.269. The van der Waals surface area contributed by atoms with Gasteiger partial charge in [-0.2, -0.15) is 4.98 Å². The summed E-state index contributed by atoms with van der Waals surface area (Å²) in [5.74, 6) is 0.723. The highest BCUT2D eigenvalue weighted by atomic mass is 35.5. The van der Waals surface area contributed by atoms with Crippen molar-refractivity contribution >= 4 is 17.4 Å². The zero-order valence-corrected chi connectivity index (χ0v) is 9.30. The van der Waals surface area contributed by atoms with Gasteiger partial charge in [0.2, 0.25) is 5.28 Å². The van der Waals surface area contributed by atoms with Gasteiger partial charge in [-0.05, 0) is 24.4 Å². The number of nitrogens with zero attached hydrogens (tertiary/aromatic N) is 2. The second-order valence-corrected chi connectivity index (χ2v) is 4.15. The third-order valence-electron chi connectivity index (χ3n) is 2.64. The normalized spacial score (nSPS) is 17.7. The van der Waals surface area contributed by atoms with Gasteiger partial charge in [0.25, 0.3) is 0 Å². The lowest BCUT2D eigenvalue weighted by atomic mass is 9.96. The lowest BCUT2D eigenvalue weighted by Gasteiger charge is -2.23. The first-order chi connectivity index (χ1) is 7.34. The number of aromatic nitrogens is 2. The molecule has 15 heavy (non-hydrogen) atoms. The topological polar surface area (TPSA) is 49.8 Å². The monoisotopic (exact) mass is 226 g/mol. The van der Waals surface area contributed by atoms with Crippen LogP contribution in [0.15, 0.2) is 12.3 Å². The molecule has 0 amide bonds. The molecule has 4 nitrogen and oxygen atoms in total. The Morgan fingerprint density at radius 2 is 2.07 bits per heavy atom. The third-order valence-corrected chi connectivity index (χ3v) is 2.82. The van der Waals surface area contributed by atoms with Gasteiger partial charge in [-0.1, -0.05) is 19.3 Å². The number of halogens is 1. The van der Waals surface area contributed by atoms with E-state index < -0.39 is 0 Å². The maximum atomic E-state index is 5.68. The van der Waals surface area contributed by atoms with Gasteiger partial charge in [0.05, 0.1) is 0 Å². The van der Waals surface area contributed by atoms with Crippen LogP contribution in [0, 0.1) is 0 Å². The summed E-state index contributed by atoms with van der Waals surface area (Å²) in [6.45, 7) is 0. The maximum absolute atomic E-state index is 5.68. The smallest absolute Gasteiger partial charge is 0.224 e. The quantitative estimate of drug-likeness (QED) is 0.614. The molecule has 0 spiro atoms. The van der Waals surface area contributed by atoms with Crippen molar-refractivity contribution in [1.82, 2.24) is 15.4 Å². The lowest BCUT2D eigenvalue weighted by molar-refractivity contribution is 0.392. The summed E-state index contributed by atoms with van der Waals surface area (Å²) in [7, 11) is 0. The summed E-state index contributed by atoms with van der Waals surface area (Å²) in [4.78, 5) is 7.86. The average Bonchev–Trinajstić information content (AvgIpc) is 2.28. The maximum Gasteiger partial charge on any atom is 0.224 e. The fourth-order valence-electron chi connectivity index (χ4n) is 1.83. The average molecular weight is 227 g/mol. The number of hydrogen-bond donors (Lipinski definition) is 2. The Morgan fingerprint density at radius 1 is 1.27 bits per heavy atom. The van der Waals surface area contributed by atoms with E-state index in [0.29, 0.717) is 6.04 Å². The molecule has 1 aliphatic rings. The Morgan fingerprint density at radius 3 is 2.80 bits per heavy atom. The molecule has 0 saturated heterocycles. The van der Waals surface area contributed by atoms with E-state index in [1.165, 1.54) is 32.1 Å². The van der Waals surface area contributed by atoms with E-state index in [1.807, 2.05) is 0 Å². The fraction of sp³-hybridized carbons (Fsp3) is 0.600. The minimum atomic E-state index is 0.269.